The van der Waals surface area contributed by atoms with Crippen LogP contribution in [0.15, 0.2) is 11.1 Å². The molecule has 0 aromatic carbocycles. The van der Waals surface area contributed by atoms with Gasteiger partial charge in [0, 0.05) is 24.0 Å². The fraction of sp³-hybridized carbons (Fsp3) is 0.737. The molecular weight excluding hydrogens is 336 g/mol. The largest absolute Gasteiger partial charge is 0.481 e. The van der Waals surface area contributed by atoms with Crippen LogP contribution < -0.4 is 0 Å². The molecule has 0 unspecified atom stereocenters. The first kappa shape index (κ1) is 21.8. The van der Waals surface area contributed by atoms with E-state index in [1.54, 1.807) is 0 Å². The molecular formula is C19H32O5Si. The molecule has 0 spiro atoms. The lowest BCUT2D eigenvalue weighted by atomic mass is 10.0. The number of hydrogen-bond acceptors (Lipinski definition) is 4. The predicted octanol–water partition coefficient (Wildman–Crippen LogP) is 4.27. The molecule has 142 valence electrons. The van der Waals surface area contributed by atoms with Gasteiger partial charge in [-0.05, 0) is 37.4 Å². The van der Waals surface area contributed by atoms with E-state index in [9.17, 15) is 14.4 Å². The van der Waals surface area contributed by atoms with Crippen molar-refractivity contribution in [3.63, 3.8) is 0 Å². The summed E-state index contributed by atoms with van der Waals surface area (Å²) in [5.74, 6) is -0.751. The average molecular weight is 369 g/mol. The SMILES string of the molecule is CC(C)(C)[Si](C)(C)O[C@@H]1CC(=O)C(CCCCCCC(=O)O)=C1C=O. The summed E-state index contributed by atoms with van der Waals surface area (Å²) in [4.78, 5) is 34.4. The van der Waals surface area contributed by atoms with Crippen LogP contribution in [0.4, 0.5) is 0 Å². The van der Waals surface area contributed by atoms with Gasteiger partial charge in [0.05, 0.1) is 6.10 Å². The molecule has 1 atom stereocenters. The van der Waals surface area contributed by atoms with Crippen molar-refractivity contribution >= 4 is 26.4 Å². The van der Waals surface area contributed by atoms with Gasteiger partial charge < -0.3 is 9.53 Å². The number of aliphatic carboxylic acids is 1. The highest BCUT2D eigenvalue weighted by molar-refractivity contribution is 6.74. The molecule has 25 heavy (non-hydrogen) atoms. The fourth-order valence-corrected chi connectivity index (χ4v) is 4.03. The van der Waals surface area contributed by atoms with Gasteiger partial charge in [-0.15, -0.1) is 0 Å². The van der Waals surface area contributed by atoms with E-state index in [1.165, 1.54) is 0 Å². The number of hydrogen-bond donors (Lipinski definition) is 1. The summed E-state index contributed by atoms with van der Waals surface area (Å²) < 4.78 is 6.30. The zero-order chi connectivity index (χ0) is 19.3. The number of allylic oxidation sites excluding steroid dienone is 1. The lowest BCUT2D eigenvalue weighted by molar-refractivity contribution is -0.137. The molecule has 0 aliphatic heterocycles. The summed E-state index contributed by atoms with van der Waals surface area (Å²) >= 11 is 0. The van der Waals surface area contributed by atoms with Crippen molar-refractivity contribution in [2.75, 3.05) is 0 Å². The third-order valence-corrected chi connectivity index (χ3v) is 9.83. The third-order valence-electron chi connectivity index (χ3n) is 5.34. The number of unbranched alkanes of at least 4 members (excludes halogenated alkanes) is 3. The Labute approximate surface area is 152 Å². The number of carbonyl (C=O) groups excluding carboxylic acids is 2. The van der Waals surface area contributed by atoms with Gasteiger partial charge in [0.15, 0.2) is 14.1 Å². The van der Waals surface area contributed by atoms with Crippen molar-refractivity contribution in [3.05, 3.63) is 11.1 Å². The summed E-state index contributed by atoms with van der Waals surface area (Å²) in [6.07, 6.45) is 4.58. The van der Waals surface area contributed by atoms with Crippen LogP contribution in [-0.4, -0.2) is 37.6 Å². The highest BCUT2D eigenvalue weighted by Gasteiger charge is 2.42. The van der Waals surface area contributed by atoms with Crippen LogP contribution in [0.25, 0.3) is 0 Å². The Bertz CT molecular complexity index is 543. The predicted molar refractivity (Wildman–Crippen MR) is 100 cm³/mol. The van der Waals surface area contributed by atoms with Gasteiger partial charge >= 0.3 is 5.97 Å². The molecule has 1 aliphatic rings. The maximum atomic E-state index is 12.3. The van der Waals surface area contributed by atoms with Crippen LogP contribution in [-0.2, 0) is 18.8 Å². The Kier molecular flexibility index (Phi) is 7.75. The van der Waals surface area contributed by atoms with E-state index in [0.717, 1.165) is 25.5 Å². The van der Waals surface area contributed by atoms with Crippen molar-refractivity contribution in [1.82, 2.24) is 0 Å². The van der Waals surface area contributed by atoms with Crippen LogP contribution in [0.2, 0.25) is 18.1 Å². The molecule has 0 aromatic rings. The molecule has 6 heteroatoms. The Morgan fingerprint density at radius 1 is 1.24 bits per heavy atom. The van der Waals surface area contributed by atoms with Crippen molar-refractivity contribution in [2.45, 2.75) is 90.0 Å². The van der Waals surface area contributed by atoms with E-state index in [4.69, 9.17) is 9.53 Å². The number of aldehydes is 1. The van der Waals surface area contributed by atoms with E-state index in [-0.39, 0.29) is 23.7 Å². The Morgan fingerprint density at radius 3 is 2.36 bits per heavy atom. The highest BCUT2D eigenvalue weighted by Crippen LogP contribution is 2.40. The number of carbonyl (C=O) groups is 3. The first-order chi connectivity index (χ1) is 11.5. The Morgan fingerprint density at radius 2 is 1.84 bits per heavy atom. The smallest absolute Gasteiger partial charge is 0.303 e. The number of rotatable bonds is 10. The number of ketones is 1. The third kappa shape index (κ3) is 6.19. The van der Waals surface area contributed by atoms with E-state index in [1.807, 2.05) is 0 Å². The standard InChI is InChI=1S/C19H32O5Si/c1-19(2,3)25(4,5)24-17-12-16(21)14(15(17)13-20)10-8-6-7-9-11-18(22)23/h13,17H,6-12H2,1-5H3,(H,22,23)/t17-/m1/s1. The summed E-state index contributed by atoms with van der Waals surface area (Å²) in [6.45, 7) is 10.7. The monoisotopic (exact) mass is 368 g/mol. The van der Waals surface area contributed by atoms with Crippen molar-refractivity contribution in [1.29, 1.82) is 0 Å². The molecule has 0 saturated heterocycles. The second-order valence-corrected chi connectivity index (χ2v) is 13.1. The van der Waals surface area contributed by atoms with Crippen LogP contribution in [0.1, 0.15) is 65.7 Å². The molecule has 0 aromatic heterocycles. The first-order valence-corrected chi connectivity index (χ1v) is 12.0. The molecule has 1 aliphatic carbocycles. The minimum Gasteiger partial charge on any atom is -0.481 e. The van der Waals surface area contributed by atoms with E-state index < -0.39 is 20.4 Å². The fourth-order valence-electron chi connectivity index (χ4n) is 2.76. The van der Waals surface area contributed by atoms with Gasteiger partial charge in [0.2, 0.25) is 0 Å². The van der Waals surface area contributed by atoms with Gasteiger partial charge in [-0.25, -0.2) is 0 Å². The zero-order valence-electron chi connectivity index (χ0n) is 16.2. The molecule has 1 N–H and O–H groups in total. The summed E-state index contributed by atoms with van der Waals surface area (Å²) in [6, 6.07) is 0. The minimum atomic E-state index is -2.05. The maximum absolute atomic E-state index is 12.3. The van der Waals surface area contributed by atoms with Crippen LogP contribution >= 0.6 is 0 Å². The quantitative estimate of drug-likeness (QED) is 0.354. The molecule has 0 radical (unpaired) electrons. The molecule has 0 fully saturated rings. The molecule has 0 heterocycles. The maximum Gasteiger partial charge on any atom is 0.303 e. The van der Waals surface area contributed by atoms with Gasteiger partial charge in [-0.3, -0.25) is 14.4 Å². The van der Waals surface area contributed by atoms with Crippen LogP contribution in [0.5, 0.6) is 0 Å². The lowest BCUT2D eigenvalue weighted by Gasteiger charge is -2.38. The van der Waals surface area contributed by atoms with Gasteiger partial charge in [-0.2, -0.15) is 0 Å². The first-order valence-electron chi connectivity index (χ1n) is 9.10. The minimum absolute atomic E-state index is 0.0244. The van der Waals surface area contributed by atoms with E-state index in [0.29, 0.717) is 24.0 Å². The number of carboxylic acid groups (broad SMARTS) is 1. The highest BCUT2D eigenvalue weighted by atomic mass is 28.4. The molecule has 1 rings (SSSR count). The van der Waals surface area contributed by atoms with Gasteiger partial charge in [-0.1, -0.05) is 33.6 Å². The van der Waals surface area contributed by atoms with Crippen molar-refractivity contribution in [3.8, 4) is 0 Å². The number of carboxylic acids is 1. The zero-order valence-corrected chi connectivity index (χ0v) is 17.2. The topological polar surface area (TPSA) is 80.7 Å². The molecule has 5 nitrogen and oxygen atoms in total. The van der Waals surface area contributed by atoms with Gasteiger partial charge in [0.25, 0.3) is 0 Å². The Hall–Kier alpha value is -1.27. The summed E-state index contributed by atoms with van der Waals surface area (Å²) in [5, 5.41) is 8.65. The van der Waals surface area contributed by atoms with Crippen molar-refractivity contribution < 1.29 is 23.9 Å². The molecule has 0 bridgehead atoms. The van der Waals surface area contributed by atoms with E-state index >= 15 is 0 Å². The van der Waals surface area contributed by atoms with Crippen LogP contribution in [0, 0.1) is 0 Å². The lowest BCUT2D eigenvalue weighted by Crippen LogP contribution is -2.44. The molecule has 0 amide bonds. The van der Waals surface area contributed by atoms with Crippen molar-refractivity contribution in [2.24, 2.45) is 0 Å². The molecule has 0 saturated carbocycles. The average Bonchev–Trinajstić information content (AvgIpc) is 2.75. The Balaban J connectivity index is 2.66. The van der Waals surface area contributed by atoms with Gasteiger partial charge in [0.1, 0.15) is 6.29 Å². The summed E-state index contributed by atoms with van der Waals surface area (Å²) in [5.41, 5.74) is 1.15. The van der Waals surface area contributed by atoms with E-state index in [2.05, 4.69) is 33.9 Å². The van der Waals surface area contributed by atoms with Crippen LogP contribution in [0.3, 0.4) is 0 Å². The summed E-state index contributed by atoms with van der Waals surface area (Å²) in [7, 11) is -2.05. The second-order valence-electron chi connectivity index (χ2n) is 8.35. The normalized spacial score (nSPS) is 18.8. The number of Topliss-reactive ketones (excluding diaryl/α,β-unsaturated/α-hetero) is 1. The second kappa shape index (κ2) is 8.90.